The number of aliphatic hydroxyl groups is 1. The summed E-state index contributed by atoms with van der Waals surface area (Å²) in [6.45, 7) is 1.95. The van der Waals surface area contributed by atoms with Crippen LogP contribution in [0.5, 0.6) is 0 Å². The van der Waals surface area contributed by atoms with E-state index < -0.39 is 6.10 Å². The first-order valence-electron chi connectivity index (χ1n) is 6.93. The summed E-state index contributed by atoms with van der Waals surface area (Å²) in [6.07, 6.45) is 3.84. The minimum Gasteiger partial charge on any atom is -0.386 e. The summed E-state index contributed by atoms with van der Waals surface area (Å²) in [6, 6.07) is 8.59. The van der Waals surface area contributed by atoms with Gasteiger partial charge in [0, 0.05) is 13.5 Å². The van der Waals surface area contributed by atoms with Crippen LogP contribution in [0.3, 0.4) is 0 Å². The number of fused-ring (bicyclic) bond motifs is 1. The molecule has 3 rings (SSSR count). The van der Waals surface area contributed by atoms with Crippen molar-refractivity contribution >= 4 is 0 Å². The van der Waals surface area contributed by atoms with E-state index in [-0.39, 0.29) is 0 Å². The molecular weight excluding hydrogens is 236 g/mol. The fraction of sp³-hybridized carbons (Fsp3) is 0.438. The van der Waals surface area contributed by atoms with Crippen LogP contribution in [0.4, 0.5) is 0 Å². The number of aryl methyl sites for hydroxylation is 4. The quantitative estimate of drug-likeness (QED) is 0.916. The molecule has 1 aliphatic carbocycles. The van der Waals surface area contributed by atoms with Gasteiger partial charge in [0.2, 0.25) is 0 Å². The molecule has 0 saturated carbocycles. The molecule has 0 fully saturated rings. The lowest BCUT2D eigenvalue weighted by Gasteiger charge is -2.12. The van der Waals surface area contributed by atoms with E-state index in [4.69, 9.17) is 0 Å². The van der Waals surface area contributed by atoms with Gasteiger partial charge >= 0.3 is 0 Å². The molecule has 19 heavy (non-hydrogen) atoms. The minimum absolute atomic E-state index is 0.481. The molecule has 1 unspecified atom stereocenters. The van der Waals surface area contributed by atoms with Crippen molar-refractivity contribution in [1.82, 2.24) is 9.78 Å². The summed E-state index contributed by atoms with van der Waals surface area (Å²) < 4.78 is 1.77. The molecule has 1 aromatic carbocycles. The Morgan fingerprint density at radius 1 is 1.26 bits per heavy atom. The highest BCUT2D eigenvalue weighted by Crippen LogP contribution is 2.25. The molecule has 0 spiro atoms. The van der Waals surface area contributed by atoms with Gasteiger partial charge in [-0.15, -0.1) is 0 Å². The minimum atomic E-state index is -0.481. The third kappa shape index (κ3) is 2.43. The first-order valence-corrected chi connectivity index (χ1v) is 6.93. The predicted molar refractivity (Wildman–Crippen MR) is 75.1 cm³/mol. The van der Waals surface area contributed by atoms with Gasteiger partial charge < -0.3 is 5.11 Å². The van der Waals surface area contributed by atoms with E-state index in [1.165, 1.54) is 36.0 Å². The third-order valence-electron chi connectivity index (χ3n) is 3.97. The number of aromatic nitrogens is 2. The van der Waals surface area contributed by atoms with Crippen LogP contribution in [0.25, 0.3) is 0 Å². The average Bonchev–Trinajstić information content (AvgIpc) is 2.94. The predicted octanol–water partition coefficient (Wildman–Crippen LogP) is 2.49. The van der Waals surface area contributed by atoms with Crippen molar-refractivity contribution in [3.8, 4) is 0 Å². The van der Waals surface area contributed by atoms with Crippen molar-refractivity contribution in [2.75, 3.05) is 0 Å². The zero-order chi connectivity index (χ0) is 13.4. The highest BCUT2D eigenvalue weighted by Gasteiger charge is 2.16. The van der Waals surface area contributed by atoms with Crippen LogP contribution in [0, 0.1) is 6.92 Å². The van der Waals surface area contributed by atoms with Crippen molar-refractivity contribution in [3.05, 3.63) is 52.3 Å². The zero-order valence-electron chi connectivity index (χ0n) is 11.6. The molecule has 0 radical (unpaired) electrons. The Labute approximate surface area is 113 Å². The Balaban J connectivity index is 1.79. The van der Waals surface area contributed by atoms with Crippen LogP contribution in [-0.4, -0.2) is 14.9 Å². The number of nitrogens with zero attached hydrogens (tertiary/aromatic N) is 2. The number of benzene rings is 1. The lowest BCUT2D eigenvalue weighted by Crippen LogP contribution is -2.08. The van der Waals surface area contributed by atoms with Gasteiger partial charge in [0.1, 0.15) is 0 Å². The van der Waals surface area contributed by atoms with Gasteiger partial charge in [-0.05, 0) is 48.9 Å². The van der Waals surface area contributed by atoms with Gasteiger partial charge in [0.15, 0.2) is 0 Å². The Hall–Kier alpha value is -1.61. The van der Waals surface area contributed by atoms with Crippen LogP contribution in [0.15, 0.2) is 24.3 Å². The maximum atomic E-state index is 10.4. The van der Waals surface area contributed by atoms with Crippen LogP contribution in [-0.2, 0) is 26.3 Å². The second kappa shape index (κ2) is 4.82. The van der Waals surface area contributed by atoms with Crippen LogP contribution < -0.4 is 0 Å². The van der Waals surface area contributed by atoms with Crippen LogP contribution in [0.1, 0.15) is 40.6 Å². The second-order valence-corrected chi connectivity index (χ2v) is 5.51. The zero-order valence-corrected chi connectivity index (χ0v) is 11.6. The molecule has 1 heterocycles. The molecule has 3 heteroatoms. The highest BCUT2D eigenvalue weighted by atomic mass is 16.3. The normalized spacial score (nSPS) is 15.5. The molecule has 0 saturated heterocycles. The van der Waals surface area contributed by atoms with Crippen molar-refractivity contribution in [2.24, 2.45) is 7.05 Å². The summed E-state index contributed by atoms with van der Waals surface area (Å²) in [7, 11) is 1.88. The van der Waals surface area contributed by atoms with E-state index >= 15 is 0 Å². The summed E-state index contributed by atoms with van der Waals surface area (Å²) in [5, 5.41) is 14.6. The molecule has 0 bridgehead atoms. The summed E-state index contributed by atoms with van der Waals surface area (Å²) in [5.74, 6) is 0. The van der Waals surface area contributed by atoms with E-state index in [0.717, 1.165) is 11.4 Å². The van der Waals surface area contributed by atoms with Crippen molar-refractivity contribution < 1.29 is 5.11 Å². The lowest BCUT2D eigenvalue weighted by atomic mass is 10.0. The molecule has 100 valence electrons. The van der Waals surface area contributed by atoms with E-state index in [0.29, 0.717) is 6.42 Å². The smallest absolute Gasteiger partial charge is 0.0996 e. The monoisotopic (exact) mass is 256 g/mol. The standard InChI is InChI=1S/C16H20N2O/c1-11-8-15(18(2)17-11)16(19)10-12-6-7-13-4-3-5-14(13)9-12/h6-9,16,19H,3-5,10H2,1-2H3. The van der Waals surface area contributed by atoms with E-state index in [1.807, 2.05) is 20.0 Å². The molecule has 3 nitrogen and oxygen atoms in total. The van der Waals surface area contributed by atoms with Crippen LogP contribution >= 0.6 is 0 Å². The number of aliphatic hydroxyl groups excluding tert-OH is 1. The van der Waals surface area contributed by atoms with Gasteiger partial charge in [0.25, 0.3) is 0 Å². The topological polar surface area (TPSA) is 38.0 Å². The molecule has 0 amide bonds. The number of hydrogen-bond donors (Lipinski definition) is 1. The molecule has 1 N–H and O–H groups in total. The van der Waals surface area contributed by atoms with Gasteiger partial charge in [-0.2, -0.15) is 5.10 Å². The van der Waals surface area contributed by atoms with Gasteiger partial charge in [-0.25, -0.2) is 0 Å². The Kier molecular flexibility index (Phi) is 3.15. The Bertz CT molecular complexity index is 601. The fourth-order valence-electron chi connectivity index (χ4n) is 3.02. The average molecular weight is 256 g/mol. The molecule has 0 aliphatic heterocycles. The number of hydrogen-bond acceptors (Lipinski definition) is 2. The van der Waals surface area contributed by atoms with Crippen molar-refractivity contribution in [1.29, 1.82) is 0 Å². The summed E-state index contributed by atoms with van der Waals surface area (Å²) in [4.78, 5) is 0. The van der Waals surface area contributed by atoms with Crippen molar-refractivity contribution in [3.63, 3.8) is 0 Å². The Morgan fingerprint density at radius 2 is 2.05 bits per heavy atom. The van der Waals surface area contributed by atoms with E-state index in [9.17, 15) is 5.11 Å². The third-order valence-corrected chi connectivity index (χ3v) is 3.97. The summed E-state index contributed by atoms with van der Waals surface area (Å²) >= 11 is 0. The van der Waals surface area contributed by atoms with E-state index in [1.54, 1.807) is 4.68 Å². The fourth-order valence-corrected chi connectivity index (χ4v) is 3.02. The van der Waals surface area contributed by atoms with Gasteiger partial charge in [-0.1, -0.05) is 18.2 Å². The summed E-state index contributed by atoms with van der Waals surface area (Å²) in [5.41, 5.74) is 6.00. The molecule has 2 aromatic rings. The molecule has 1 atom stereocenters. The first-order chi connectivity index (χ1) is 9.13. The second-order valence-electron chi connectivity index (χ2n) is 5.51. The van der Waals surface area contributed by atoms with Gasteiger partial charge in [0.05, 0.1) is 17.5 Å². The maximum Gasteiger partial charge on any atom is 0.0996 e. The SMILES string of the molecule is Cc1cc(C(O)Cc2ccc3c(c2)CCC3)n(C)n1. The van der Waals surface area contributed by atoms with Crippen LogP contribution in [0.2, 0.25) is 0 Å². The lowest BCUT2D eigenvalue weighted by molar-refractivity contribution is 0.168. The van der Waals surface area contributed by atoms with Gasteiger partial charge in [-0.3, -0.25) is 4.68 Å². The molecule has 1 aliphatic rings. The van der Waals surface area contributed by atoms with E-state index in [2.05, 4.69) is 23.3 Å². The largest absolute Gasteiger partial charge is 0.386 e. The Morgan fingerprint density at radius 3 is 2.79 bits per heavy atom. The highest BCUT2D eigenvalue weighted by molar-refractivity contribution is 5.35. The molecule has 1 aromatic heterocycles. The first kappa shape index (κ1) is 12.4. The molecular formula is C16H20N2O. The maximum absolute atomic E-state index is 10.4. The number of rotatable bonds is 3. The van der Waals surface area contributed by atoms with Crippen molar-refractivity contribution in [2.45, 2.75) is 38.7 Å².